The molecule has 68 valence electrons. The fourth-order valence-electron chi connectivity index (χ4n) is 3.05. The van der Waals surface area contributed by atoms with Gasteiger partial charge in [-0.2, -0.15) is 0 Å². The van der Waals surface area contributed by atoms with E-state index in [-0.39, 0.29) is 0 Å². The van der Waals surface area contributed by atoms with Crippen molar-refractivity contribution in [1.82, 2.24) is 5.32 Å². The highest BCUT2D eigenvalue weighted by atomic mass is 14.9. The topological polar surface area (TPSA) is 12.0 Å². The van der Waals surface area contributed by atoms with Crippen LogP contribution in [-0.2, 0) is 0 Å². The highest BCUT2D eigenvalue weighted by molar-refractivity contribution is 5.08. The van der Waals surface area contributed by atoms with E-state index < -0.39 is 0 Å². The molecule has 0 spiro atoms. The molecule has 2 saturated carbocycles. The lowest BCUT2D eigenvalue weighted by molar-refractivity contribution is 0.480. The summed E-state index contributed by atoms with van der Waals surface area (Å²) in [6.45, 7) is 3.89. The van der Waals surface area contributed by atoms with Crippen LogP contribution in [0.15, 0.2) is 12.7 Å². The van der Waals surface area contributed by atoms with Crippen LogP contribution in [0.4, 0.5) is 0 Å². The molecule has 0 aromatic rings. The van der Waals surface area contributed by atoms with Gasteiger partial charge in [-0.25, -0.2) is 0 Å². The first kappa shape index (κ1) is 8.31. The molecule has 0 radical (unpaired) electrons. The minimum absolute atomic E-state index is 0.582. The lowest BCUT2D eigenvalue weighted by Gasteiger charge is -2.09. The van der Waals surface area contributed by atoms with Gasteiger partial charge < -0.3 is 5.32 Å². The number of nitrogens with one attached hydrogen (secondary N) is 1. The van der Waals surface area contributed by atoms with E-state index in [9.17, 15) is 0 Å². The molecule has 0 amide bonds. The molecule has 12 heavy (non-hydrogen) atoms. The molecule has 0 heterocycles. The summed E-state index contributed by atoms with van der Waals surface area (Å²) in [7, 11) is 2.05. The third-order valence-corrected chi connectivity index (χ3v) is 3.72. The summed E-state index contributed by atoms with van der Waals surface area (Å²) in [5.74, 6) is 3.00. The van der Waals surface area contributed by atoms with E-state index in [1.54, 1.807) is 0 Å². The summed E-state index contributed by atoms with van der Waals surface area (Å²) in [4.78, 5) is 0. The molecule has 0 saturated heterocycles. The van der Waals surface area contributed by atoms with Crippen LogP contribution in [0.1, 0.15) is 25.7 Å². The first-order valence-electron chi connectivity index (χ1n) is 5.18. The molecule has 0 bridgehead atoms. The molecule has 3 unspecified atom stereocenters. The second kappa shape index (κ2) is 3.21. The maximum Gasteiger partial charge on any atom is 0.0278 e. The van der Waals surface area contributed by atoms with Gasteiger partial charge in [0.1, 0.15) is 0 Å². The molecule has 0 aromatic heterocycles. The van der Waals surface area contributed by atoms with Crippen LogP contribution in [0.25, 0.3) is 0 Å². The summed E-state index contributed by atoms with van der Waals surface area (Å²) in [5, 5.41) is 3.35. The van der Waals surface area contributed by atoms with Gasteiger partial charge in [0.25, 0.3) is 0 Å². The van der Waals surface area contributed by atoms with Gasteiger partial charge in [-0.05, 0) is 37.6 Å². The molecule has 2 aliphatic carbocycles. The Bertz CT molecular complexity index is 164. The van der Waals surface area contributed by atoms with E-state index in [4.69, 9.17) is 0 Å². The first-order chi connectivity index (χ1) is 5.88. The minimum Gasteiger partial charge on any atom is -0.313 e. The monoisotopic (exact) mass is 165 g/mol. The quantitative estimate of drug-likeness (QED) is 0.632. The summed E-state index contributed by atoms with van der Waals surface area (Å²) >= 11 is 0. The Balaban J connectivity index is 1.94. The molecule has 2 aliphatic rings. The normalized spacial score (nSPS) is 41.6. The highest BCUT2D eigenvalue weighted by Gasteiger charge is 2.52. The maximum atomic E-state index is 3.89. The molecule has 1 N–H and O–H groups in total. The summed E-state index contributed by atoms with van der Waals surface area (Å²) in [6.07, 6.45) is 7.96. The van der Waals surface area contributed by atoms with E-state index in [0.29, 0.717) is 6.04 Å². The highest BCUT2D eigenvalue weighted by Crippen LogP contribution is 2.56. The van der Waals surface area contributed by atoms with E-state index in [1.807, 2.05) is 0 Å². The van der Waals surface area contributed by atoms with E-state index in [1.165, 1.54) is 25.7 Å². The van der Waals surface area contributed by atoms with Crippen LogP contribution < -0.4 is 5.32 Å². The van der Waals surface area contributed by atoms with Crippen LogP contribution in [0, 0.1) is 17.8 Å². The van der Waals surface area contributed by atoms with Crippen LogP contribution >= 0.6 is 0 Å². The standard InChI is InChI=1S/C11H19N/c1-3-10(12-2)11-8-6-4-5-7-9(8)11/h3,8-12H,1,4-7H2,2H3. The van der Waals surface area contributed by atoms with E-state index >= 15 is 0 Å². The number of rotatable bonds is 3. The number of hydrogen-bond donors (Lipinski definition) is 1. The largest absolute Gasteiger partial charge is 0.313 e. The Morgan fingerprint density at radius 3 is 2.33 bits per heavy atom. The summed E-state index contributed by atoms with van der Waals surface area (Å²) in [5.41, 5.74) is 0. The predicted octanol–water partition coefficient (Wildman–Crippen LogP) is 2.20. The van der Waals surface area contributed by atoms with Gasteiger partial charge in [-0.3, -0.25) is 0 Å². The molecule has 2 rings (SSSR count). The minimum atomic E-state index is 0.582. The van der Waals surface area contributed by atoms with Crippen molar-refractivity contribution in [2.24, 2.45) is 17.8 Å². The van der Waals surface area contributed by atoms with Crippen molar-refractivity contribution in [2.75, 3.05) is 7.05 Å². The molecule has 2 fully saturated rings. The van der Waals surface area contributed by atoms with Crippen molar-refractivity contribution in [3.8, 4) is 0 Å². The second-order valence-corrected chi connectivity index (χ2v) is 4.24. The predicted molar refractivity (Wildman–Crippen MR) is 52.0 cm³/mol. The molecule has 0 aliphatic heterocycles. The van der Waals surface area contributed by atoms with Crippen LogP contribution in [0.2, 0.25) is 0 Å². The van der Waals surface area contributed by atoms with Crippen LogP contribution in [-0.4, -0.2) is 13.1 Å². The van der Waals surface area contributed by atoms with Crippen molar-refractivity contribution in [3.63, 3.8) is 0 Å². The van der Waals surface area contributed by atoms with Crippen LogP contribution in [0.5, 0.6) is 0 Å². The Morgan fingerprint density at radius 2 is 1.92 bits per heavy atom. The van der Waals surface area contributed by atoms with Crippen molar-refractivity contribution in [3.05, 3.63) is 12.7 Å². The molecule has 0 aromatic carbocycles. The average molecular weight is 165 g/mol. The SMILES string of the molecule is C=CC(NC)C1C2CCCCC21. The fraction of sp³-hybridized carbons (Fsp3) is 0.818. The van der Waals surface area contributed by atoms with Gasteiger partial charge >= 0.3 is 0 Å². The average Bonchev–Trinajstić information content (AvgIpc) is 2.83. The van der Waals surface area contributed by atoms with Gasteiger partial charge in [0.2, 0.25) is 0 Å². The second-order valence-electron chi connectivity index (χ2n) is 4.24. The zero-order valence-electron chi connectivity index (χ0n) is 7.92. The zero-order chi connectivity index (χ0) is 8.55. The molecule has 1 heteroatoms. The summed E-state index contributed by atoms with van der Waals surface area (Å²) in [6, 6.07) is 0.582. The number of likely N-dealkylation sites (N-methyl/N-ethyl adjacent to an activating group) is 1. The van der Waals surface area contributed by atoms with Gasteiger partial charge in [-0.15, -0.1) is 6.58 Å². The van der Waals surface area contributed by atoms with E-state index in [2.05, 4.69) is 25.0 Å². The molecule has 1 nitrogen and oxygen atoms in total. The van der Waals surface area contributed by atoms with Gasteiger partial charge in [0, 0.05) is 6.04 Å². The number of fused-ring (bicyclic) bond motifs is 1. The Hall–Kier alpha value is -0.300. The summed E-state index contributed by atoms with van der Waals surface area (Å²) < 4.78 is 0. The first-order valence-corrected chi connectivity index (χ1v) is 5.18. The van der Waals surface area contributed by atoms with Gasteiger partial charge in [0.05, 0.1) is 0 Å². The molecule has 3 atom stereocenters. The van der Waals surface area contributed by atoms with E-state index in [0.717, 1.165) is 17.8 Å². The maximum absolute atomic E-state index is 3.89. The molecular formula is C11H19N. The van der Waals surface area contributed by atoms with Crippen molar-refractivity contribution in [2.45, 2.75) is 31.7 Å². The fourth-order valence-corrected chi connectivity index (χ4v) is 3.05. The lowest BCUT2D eigenvalue weighted by Crippen LogP contribution is -2.25. The Morgan fingerprint density at radius 1 is 1.33 bits per heavy atom. The third-order valence-electron chi connectivity index (χ3n) is 3.72. The van der Waals surface area contributed by atoms with Crippen molar-refractivity contribution < 1.29 is 0 Å². The van der Waals surface area contributed by atoms with Crippen molar-refractivity contribution >= 4 is 0 Å². The van der Waals surface area contributed by atoms with Gasteiger partial charge in [0.15, 0.2) is 0 Å². The third kappa shape index (κ3) is 1.20. The van der Waals surface area contributed by atoms with Crippen LogP contribution in [0.3, 0.4) is 0 Å². The van der Waals surface area contributed by atoms with Crippen molar-refractivity contribution in [1.29, 1.82) is 0 Å². The lowest BCUT2D eigenvalue weighted by atomic mass is 10.0. The smallest absolute Gasteiger partial charge is 0.0278 e. The van der Waals surface area contributed by atoms with Gasteiger partial charge in [-0.1, -0.05) is 18.9 Å². The zero-order valence-corrected chi connectivity index (χ0v) is 7.92. The molecular weight excluding hydrogens is 146 g/mol. The Labute approximate surface area is 75.2 Å². The Kier molecular flexibility index (Phi) is 2.22. The number of hydrogen-bond acceptors (Lipinski definition) is 1.